The van der Waals surface area contributed by atoms with E-state index in [0.29, 0.717) is 0 Å². The molecule has 0 fully saturated rings. The minimum absolute atomic E-state index is 0.00320. The molecule has 1 unspecified atom stereocenters. The minimum atomic E-state index is -0.0139. The second-order valence-electron chi connectivity index (χ2n) is 12.8. The van der Waals surface area contributed by atoms with Gasteiger partial charge in [-0.3, -0.25) is 4.98 Å². The fourth-order valence-electron chi connectivity index (χ4n) is 6.90. The molecular weight excluding hydrogens is 414 g/mol. The Labute approximate surface area is 205 Å². The Morgan fingerprint density at radius 2 is 1.53 bits per heavy atom. The summed E-state index contributed by atoms with van der Waals surface area (Å²) in [6, 6.07) is 13.9. The van der Waals surface area contributed by atoms with Crippen LogP contribution in [0, 0.1) is 0 Å². The molecule has 1 aliphatic rings. The molecular formula is C31H42N3+. The van der Waals surface area contributed by atoms with Crippen molar-refractivity contribution in [3.05, 3.63) is 53.3 Å². The molecule has 4 aromatic rings. The predicted octanol–water partition coefficient (Wildman–Crippen LogP) is 7.72. The van der Waals surface area contributed by atoms with Crippen molar-refractivity contribution < 1.29 is 4.57 Å². The topological polar surface area (TPSA) is 21.2 Å². The molecule has 3 aromatic heterocycles. The Hall–Kier alpha value is -2.42. The largest absolute Gasteiger partial charge is 0.297 e. The molecule has 3 nitrogen and oxygen atoms in total. The summed E-state index contributed by atoms with van der Waals surface area (Å²) in [5.74, 6) is 0. The first-order valence-corrected chi connectivity index (χ1v) is 13.2. The van der Waals surface area contributed by atoms with E-state index >= 15 is 0 Å². The number of aromatic nitrogens is 3. The summed E-state index contributed by atoms with van der Waals surface area (Å²) < 4.78 is 5.30. The first kappa shape index (κ1) is 23.3. The number of pyridine rings is 2. The van der Waals surface area contributed by atoms with E-state index in [-0.39, 0.29) is 21.8 Å². The van der Waals surface area contributed by atoms with Crippen LogP contribution in [0.25, 0.3) is 27.6 Å². The molecule has 0 saturated carbocycles. The summed E-state index contributed by atoms with van der Waals surface area (Å²) in [4.78, 5) is 5.35. The monoisotopic (exact) mass is 456 g/mol. The second-order valence-corrected chi connectivity index (χ2v) is 12.8. The molecule has 0 bridgehead atoms. The third-order valence-electron chi connectivity index (χ3n) is 9.04. The second kappa shape index (κ2) is 7.06. The van der Waals surface area contributed by atoms with E-state index in [1.165, 1.54) is 39.0 Å². The van der Waals surface area contributed by atoms with Crippen molar-refractivity contribution in [1.82, 2.24) is 9.38 Å². The Balaban J connectivity index is 2.19. The number of hydrogen-bond acceptors (Lipinski definition) is 1. The fraction of sp³-hybridized carbons (Fsp3) is 0.548. The number of para-hydroxylation sites is 2. The van der Waals surface area contributed by atoms with Gasteiger partial charge in [-0.1, -0.05) is 81.4 Å². The summed E-state index contributed by atoms with van der Waals surface area (Å²) >= 11 is 0. The van der Waals surface area contributed by atoms with Crippen molar-refractivity contribution in [3.8, 4) is 0 Å². The van der Waals surface area contributed by atoms with Crippen molar-refractivity contribution in [2.45, 2.75) is 110 Å². The standard InChI is InChI=1S/C31H42N3/c1-11-30(10)20-18-24(28(4,5)6)32-21-19-25(29(7,8)9)33-22-16-14-15-17-23(22)34(27(33)26(20)21)31(30,12-2)13-3/h14-19H,11-13H2,1-10H3/q+1. The normalized spacial score (nSPS) is 20.2. The molecule has 34 heavy (non-hydrogen) atoms. The molecule has 5 rings (SSSR count). The Kier molecular flexibility index (Phi) is 4.84. The van der Waals surface area contributed by atoms with Crippen LogP contribution in [-0.2, 0) is 21.8 Å². The molecule has 0 saturated heterocycles. The van der Waals surface area contributed by atoms with Gasteiger partial charge in [-0.05, 0) is 43.0 Å². The average Bonchev–Trinajstić information content (AvgIpc) is 3.13. The highest BCUT2D eigenvalue weighted by atomic mass is 15.2. The summed E-state index contributed by atoms with van der Waals surface area (Å²) in [7, 11) is 0. The van der Waals surface area contributed by atoms with Crippen LogP contribution >= 0.6 is 0 Å². The number of nitrogens with zero attached hydrogens (tertiary/aromatic N) is 3. The zero-order chi connectivity index (χ0) is 24.8. The van der Waals surface area contributed by atoms with Crippen LogP contribution in [0.15, 0.2) is 36.4 Å². The van der Waals surface area contributed by atoms with Gasteiger partial charge in [-0.15, -0.1) is 0 Å². The summed E-state index contributed by atoms with van der Waals surface area (Å²) in [5, 5.41) is 1.35. The van der Waals surface area contributed by atoms with Crippen molar-refractivity contribution in [3.63, 3.8) is 0 Å². The van der Waals surface area contributed by atoms with Gasteiger partial charge in [0.05, 0.1) is 10.9 Å². The van der Waals surface area contributed by atoms with E-state index in [4.69, 9.17) is 4.98 Å². The minimum Gasteiger partial charge on any atom is -0.252 e. The highest BCUT2D eigenvalue weighted by Gasteiger charge is 2.57. The van der Waals surface area contributed by atoms with E-state index in [9.17, 15) is 0 Å². The maximum absolute atomic E-state index is 5.35. The lowest BCUT2D eigenvalue weighted by Crippen LogP contribution is -2.67. The van der Waals surface area contributed by atoms with Gasteiger partial charge < -0.3 is 0 Å². The van der Waals surface area contributed by atoms with Gasteiger partial charge in [0.15, 0.2) is 11.0 Å². The molecule has 0 spiro atoms. The van der Waals surface area contributed by atoms with Crippen LogP contribution in [0.3, 0.4) is 0 Å². The number of imidazole rings is 1. The molecule has 1 aliphatic heterocycles. The van der Waals surface area contributed by atoms with Gasteiger partial charge in [0.2, 0.25) is 0 Å². The highest BCUT2D eigenvalue weighted by Crippen LogP contribution is 2.52. The molecule has 0 radical (unpaired) electrons. The molecule has 1 atom stereocenters. The van der Waals surface area contributed by atoms with Crippen molar-refractivity contribution in [2.75, 3.05) is 0 Å². The van der Waals surface area contributed by atoms with Gasteiger partial charge in [0.1, 0.15) is 11.2 Å². The van der Waals surface area contributed by atoms with Crippen LogP contribution < -0.4 is 4.57 Å². The van der Waals surface area contributed by atoms with E-state index in [1.807, 2.05) is 0 Å². The quantitative estimate of drug-likeness (QED) is 0.289. The van der Waals surface area contributed by atoms with E-state index in [1.54, 1.807) is 0 Å². The number of fused-ring (bicyclic) bond motifs is 3. The van der Waals surface area contributed by atoms with Gasteiger partial charge in [-0.25, -0.2) is 4.57 Å². The van der Waals surface area contributed by atoms with Crippen molar-refractivity contribution >= 4 is 27.6 Å². The molecule has 1 aromatic carbocycles. The summed E-state index contributed by atoms with van der Waals surface area (Å²) in [6.45, 7) is 23.6. The van der Waals surface area contributed by atoms with Crippen molar-refractivity contribution in [1.29, 1.82) is 0 Å². The van der Waals surface area contributed by atoms with E-state index in [2.05, 4.69) is 115 Å². The molecule has 3 heteroatoms. The zero-order valence-corrected chi connectivity index (χ0v) is 22.9. The lowest BCUT2D eigenvalue weighted by atomic mass is 9.59. The average molecular weight is 457 g/mol. The lowest BCUT2D eigenvalue weighted by molar-refractivity contribution is -0.733. The maximum Gasteiger partial charge on any atom is 0.297 e. The number of rotatable bonds is 3. The molecule has 0 amide bonds. The van der Waals surface area contributed by atoms with E-state index in [0.717, 1.165) is 24.8 Å². The SMILES string of the molecule is CCC1(C)c2cc(C(C)(C)C)nc3cc(C(C)(C)C)n4c5ccccc5[n+](c4c23)C1(CC)CC. The number of hydrogen-bond donors (Lipinski definition) is 0. The Morgan fingerprint density at radius 1 is 0.882 bits per heavy atom. The third kappa shape index (κ3) is 2.70. The first-order chi connectivity index (χ1) is 15.9. The molecule has 0 aliphatic carbocycles. The van der Waals surface area contributed by atoms with Gasteiger partial charge in [0.25, 0.3) is 5.65 Å². The van der Waals surface area contributed by atoms with Crippen LogP contribution in [0.4, 0.5) is 0 Å². The summed E-state index contributed by atoms with van der Waals surface area (Å²) in [6.07, 6.45) is 3.28. The highest BCUT2D eigenvalue weighted by molar-refractivity contribution is 5.98. The molecule has 4 heterocycles. The lowest BCUT2D eigenvalue weighted by Gasteiger charge is -2.49. The van der Waals surface area contributed by atoms with Crippen LogP contribution in [0.5, 0.6) is 0 Å². The molecule has 180 valence electrons. The van der Waals surface area contributed by atoms with Crippen LogP contribution in [-0.4, -0.2) is 9.38 Å². The first-order valence-electron chi connectivity index (χ1n) is 13.2. The van der Waals surface area contributed by atoms with Gasteiger partial charge in [0, 0.05) is 28.0 Å². The smallest absolute Gasteiger partial charge is 0.252 e. The molecule has 0 N–H and O–H groups in total. The van der Waals surface area contributed by atoms with Crippen LogP contribution in [0.2, 0.25) is 0 Å². The van der Waals surface area contributed by atoms with Crippen molar-refractivity contribution in [2.24, 2.45) is 0 Å². The zero-order valence-electron chi connectivity index (χ0n) is 22.9. The Bertz CT molecular complexity index is 1440. The number of benzene rings is 1. The Morgan fingerprint density at radius 3 is 2.09 bits per heavy atom. The fourth-order valence-corrected chi connectivity index (χ4v) is 6.90. The van der Waals surface area contributed by atoms with E-state index < -0.39 is 0 Å². The van der Waals surface area contributed by atoms with Gasteiger partial charge >= 0.3 is 0 Å². The third-order valence-corrected chi connectivity index (χ3v) is 9.04. The summed E-state index contributed by atoms with van der Waals surface area (Å²) in [5.41, 5.74) is 9.12. The maximum atomic E-state index is 5.35. The predicted molar refractivity (Wildman–Crippen MR) is 144 cm³/mol. The van der Waals surface area contributed by atoms with Crippen LogP contribution in [0.1, 0.15) is 105 Å². The van der Waals surface area contributed by atoms with Gasteiger partial charge in [-0.2, -0.15) is 4.40 Å².